The zero-order valence-electron chi connectivity index (χ0n) is 16.9. The summed E-state index contributed by atoms with van der Waals surface area (Å²) >= 11 is 0. The van der Waals surface area contributed by atoms with Crippen molar-refractivity contribution >= 4 is 17.5 Å². The zero-order valence-corrected chi connectivity index (χ0v) is 16.9. The van der Waals surface area contributed by atoms with Gasteiger partial charge >= 0.3 is 0 Å². The normalized spacial score (nSPS) is 10.6. The summed E-state index contributed by atoms with van der Waals surface area (Å²) in [5, 5.41) is 5.85. The zero-order chi connectivity index (χ0) is 20.8. The van der Waals surface area contributed by atoms with Gasteiger partial charge in [-0.05, 0) is 54.3 Å². The molecule has 3 aromatic rings. The summed E-state index contributed by atoms with van der Waals surface area (Å²) in [5.41, 5.74) is 4.57. The Morgan fingerprint density at radius 1 is 0.931 bits per heavy atom. The Morgan fingerprint density at radius 3 is 2.34 bits per heavy atom. The van der Waals surface area contributed by atoms with Crippen molar-refractivity contribution in [3.63, 3.8) is 0 Å². The van der Waals surface area contributed by atoms with Crippen molar-refractivity contribution in [3.8, 4) is 0 Å². The molecule has 0 spiro atoms. The predicted molar refractivity (Wildman–Crippen MR) is 115 cm³/mol. The Labute approximate surface area is 171 Å². The molecule has 2 amide bonds. The molecule has 3 rings (SSSR count). The van der Waals surface area contributed by atoms with Crippen LogP contribution in [0.1, 0.15) is 57.3 Å². The third-order valence-electron chi connectivity index (χ3n) is 4.71. The molecule has 0 fully saturated rings. The minimum Gasteiger partial charge on any atom is -0.346 e. The standard InChI is InChI=1S/C24H25N3O2/c1-16(2)21-12-6-8-17(3)22(21)27-24(29)19-10-7-9-18(14-19)23(28)26-15-20-11-4-5-13-25-20/h4-14,16H,15H2,1-3H3,(H,26,28)(H,27,29). The molecule has 1 aromatic heterocycles. The van der Waals surface area contributed by atoms with Gasteiger partial charge in [0.2, 0.25) is 0 Å². The van der Waals surface area contributed by atoms with Gasteiger partial charge in [-0.15, -0.1) is 0 Å². The number of para-hydroxylation sites is 1. The number of carbonyl (C=O) groups excluding carboxylic acids is 2. The molecule has 0 atom stereocenters. The quantitative estimate of drug-likeness (QED) is 0.644. The number of anilines is 1. The van der Waals surface area contributed by atoms with E-state index in [4.69, 9.17) is 0 Å². The average molecular weight is 387 g/mol. The van der Waals surface area contributed by atoms with Gasteiger partial charge in [0.05, 0.1) is 12.2 Å². The summed E-state index contributed by atoms with van der Waals surface area (Å²) in [5.74, 6) is -0.196. The number of carbonyl (C=O) groups is 2. The number of nitrogens with one attached hydrogen (secondary N) is 2. The molecular formula is C24H25N3O2. The number of hydrogen-bond donors (Lipinski definition) is 2. The van der Waals surface area contributed by atoms with Crippen molar-refractivity contribution in [3.05, 3.63) is 94.8 Å². The monoisotopic (exact) mass is 387 g/mol. The van der Waals surface area contributed by atoms with Gasteiger partial charge in [0.25, 0.3) is 11.8 Å². The largest absolute Gasteiger partial charge is 0.346 e. The predicted octanol–water partition coefficient (Wildman–Crippen LogP) is 4.70. The Morgan fingerprint density at radius 2 is 1.66 bits per heavy atom. The number of pyridine rings is 1. The van der Waals surface area contributed by atoms with E-state index in [1.54, 1.807) is 30.5 Å². The lowest BCUT2D eigenvalue weighted by Crippen LogP contribution is -2.24. The van der Waals surface area contributed by atoms with E-state index in [1.807, 2.05) is 43.3 Å². The highest BCUT2D eigenvalue weighted by Crippen LogP contribution is 2.27. The van der Waals surface area contributed by atoms with Crippen molar-refractivity contribution < 1.29 is 9.59 Å². The van der Waals surface area contributed by atoms with Crippen LogP contribution < -0.4 is 10.6 Å². The van der Waals surface area contributed by atoms with E-state index in [0.717, 1.165) is 22.5 Å². The lowest BCUT2D eigenvalue weighted by molar-refractivity contribution is 0.0950. The van der Waals surface area contributed by atoms with Crippen LogP contribution in [0.25, 0.3) is 0 Å². The first-order chi connectivity index (χ1) is 14.0. The number of benzene rings is 2. The number of hydrogen-bond acceptors (Lipinski definition) is 3. The van der Waals surface area contributed by atoms with Crippen LogP contribution in [0.3, 0.4) is 0 Å². The Kier molecular flexibility index (Phi) is 6.39. The number of aromatic nitrogens is 1. The van der Waals surface area contributed by atoms with Crippen LogP contribution in [0.5, 0.6) is 0 Å². The maximum absolute atomic E-state index is 12.8. The topological polar surface area (TPSA) is 71.1 Å². The molecule has 0 bridgehead atoms. The third-order valence-corrected chi connectivity index (χ3v) is 4.71. The number of amides is 2. The second kappa shape index (κ2) is 9.15. The first-order valence-electron chi connectivity index (χ1n) is 9.64. The highest BCUT2D eigenvalue weighted by atomic mass is 16.2. The van der Waals surface area contributed by atoms with Crippen LogP contribution in [0, 0.1) is 6.92 Å². The molecule has 0 unspecified atom stereocenters. The summed E-state index contributed by atoms with van der Waals surface area (Å²) in [6, 6.07) is 18.3. The second-order valence-electron chi connectivity index (χ2n) is 7.23. The Balaban J connectivity index is 1.74. The lowest BCUT2D eigenvalue weighted by atomic mass is 9.98. The summed E-state index contributed by atoms with van der Waals surface area (Å²) in [6.07, 6.45) is 1.68. The maximum atomic E-state index is 12.8. The van der Waals surface area contributed by atoms with Crippen LogP contribution in [0.4, 0.5) is 5.69 Å². The minimum atomic E-state index is -0.246. The van der Waals surface area contributed by atoms with Gasteiger partial charge in [0.15, 0.2) is 0 Å². The van der Waals surface area contributed by atoms with Gasteiger partial charge in [0.1, 0.15) is 0 Å². The SMILES string of the molecule is Cc1cccc(C(C)C)c1NC(=O)c1cccc(C(=O)NCc2ccccn2)c1. The van der Waals surface area contributed by atoms with Gasteiger partial charge in [-0.2, -0.15) is 0 Å². The minimum absolute atomic E-state index is 0.236. The molecule has 5 nitrogen and oxygen atoms in total. The van der Waals surface area contributed by atoms with Crippen molar-refractivity contribution in [1.82, 2.24) is 10.3 Å². The first-order valence-corrected chi connectivity index (χ1v) is 9.64. The summed E-state index contributed by atoms with van der Waals surface area (Å²) in [4.78, 5) is 29.5. The van der Waals surface area contributed by atoms with E-state index >= 15 is 0 Å². The first kappa shape index (κ1) is 20.3. The van der Waals surface area contributed by atoms with Gasteiger partial charge in [0, 0.05) is 23.0 Å². The number of nitrogens with zero attached hydrogens (tertiary/aromatic N) is 1. The fourth-order valence-corrected chi connectivity index (χ4v) is 3.11. The van der Waals surface area contributed by atoms with Gasteiger partial charge in [-0.25, -0.2) is 0 Å². The van der Waals surface area contributed by atoms with E-state index in [1.165, 1.54) is 0 Å². The molecule has 148 valence electrons. The number of rotatable bonds is 6. The highest BCUT2D eigenvalue weighted by Gasteiger charge is 2.15. The molecule has 2 aromatic carbocycles. The van der Waals surface area contributed by atoms with Crippen LogP contribution in [-0.2, 0) is 6.54 Å². The van der Waals surface area contributed by atoms with Crippen LogP contribution in [0.15, 0.2) is 66.9 Å². The smallest absolute Gasteiger partial charge is 0.255 e. The van der Waals surface area contributed by atoms with Crippen molar-refractivity contribution in [1.29, 1.82) is 0 Å². The molecule has 0 radical (unpaired) electrons. The van der Waals surface area contributed by atoms with Crippen molar-refractivity contribution in [2.75, 3.05) is 5.32 Å². The van der Waals surface area contributed by atoms with Crippen molar-refractivity contribution in [2.45, 2.75) is 33.2 Å². The molecule has 1 heterocycles. The number of aryl methyl sites for hydroxylation is 1. The van der Waals surface area contributed by atoms with Gasteiger partial charge in [-0.1, -0.05) is 44.2 Å². The molecule has 2 N–H and O–H groups in total. The third kappa shape index (κ3) is 5.08. The van der Waals surface area contributed by atoms with Crippen molar-refractivity contribution in [2.24, 2.45) is 0 Å². The van der Waals surface area contributed by atoms with Gasteiger partial charge in [-0.3, -0.25) is 14.6 Å². The lowest BCUT2D eigenvalue weighted by Gasteiger charge is -2.16. The molecule has 0 aliphatic rings. The molecule has 29 heavy (non-hydrogen) atoms. The Bertz CT molecular complexity index is 1010. The molecule has 5 heteroatoms. The summed E-state index contributed by atoms with van der Waals surface area (Å²) in [7, 11) is 0. The second-order valence-corrected chi connectivity index (χ2v) is 7.23. The Hall–Kier alpha value is -3.47. The molecule has 0 saturated carbocycles. The van der Waals surface area contributed by atoms with E-state index in [0.29, 0.717) is 17.7 Å². The summed E-state index contributed by atoms with van der Waals surface area (Å²) in [6.45, 7) is 6.49. The molecule has 0 saturated heterocycles. The fourth-order valence-electron chi connectivity index (χ4n) is 3.11. The van der Waals surface area contributed by atoms with Gasteiger partial charge < -0.3 is 10.6 Å². The highest BCUT2D eigenvalue weighted by molar-refractivity contribution is 6.06. The fraction of sp³-hybridized carbons (Fsp3) is 0.208. The van der Waals surface area contributed by atoms with E-state index in [-0.39, 0.29) is 17.7 Å². The maximum Gasteiger partial charge on any atom is 0.255 e. The molecule has 0 aliphatic heterocycles. The average Bonchev–Trinajstić information content (AvgIpc) is 2.74. The van der Waals surface area contributed by atoms with E-state index < -0.39 is 0 Å². The van der Waals surface area contributed by atoms with Crippen LogP contribution >= 0.6 is 0 Å². The van der Waals surface area contributed by atoms with Crippen LogP contribution in [-0.4, -0.2) is 16.8 Å². The summed E-state index contributed by atoms with van der Waals surface area (Å²) < 4.78 is 0. The molecule has 0 aliphatic carbocycles. The van der Waals surface area contributed by atoms with E-state index in [2.05, 4.69) is 29.5 Å². The molecular weight excluding hydrogens is 362 g/mol. The van der Waals surface area contributed by atoms with E-state index in [9.17, 15) is 9.59 Å². The van der Waals surface area contributed by atoms with Crippen LogP contribution in [0.2, 0.25) is 0 Å².